The molecule has 3 nitrogen and oxygen atoms in total. The molecule has 1 aromatic carbocycles. The molecule has 1 aliphatic rings. The van der Waals surface area contributed by atoms with Crippen LogP contribution in [-0.2, 0) is 4.79 Å². The Morgan fingerprint density at radius 1 is 1.44 bits per heavy atom. The second kappa shape index (κ2) is 5.24. The summed E-state index contributed by atoms with van der Waals surface area (Å²) in [6, 6.07) is 7.87. The van der Waals surface area contributed by atoms with Gasteiger partial charge in [-0.1, -0.05) is 36.1 Å². The SMILES string of the molecule is O=C1CSC(=S)N1/N=C\c1ccc(I)cc1. The number of thiocarbonyl (C=S) groups is 1. The molecule has 16 heavy (non-hydrogen) atoms. The Morgan fingerprint density at radius 2 is 2.12 bits per heavy atom. The molecule has 0 bridgehead atoms. The van der Waals surface area contributed by atoms with E-state index in [4.69, 9.17) is 12.2 Å². The fourth-order valence-corrected chi connectivity index (χ4v) is 2.46. The average Bonchev–Trinajstić information content (AvgIpc) is 2.59. The highest BCUT2D eigenvalue weighted by molar-refractivity contribution is 14.1. The first-order valence-corrected chi connectivity index (χ1v) is 6.93. The van der Waals surface area contributed by atoms with Crippen molar-refractivity contribution in [1.82, 2.24) is 5.01 Å². The molecule has 1 amide bonds. The number of carbonyl (C=O) groups excluding carboxylic acids is 1. The van der Waals surface area contributed by atoms with Crippen molar-refractivity contribution < 1.29 is 4.79 Å². The molecule has 0 radical (unpaired) electrons. The van der Waals surface area contributed by atoms with Gasteiger partial charge in [0.2, 0.25) is 0 Å². The van der Waals surface area contributed by atoms with Crippen LogP contribution in [0.4, 0.5) is 0 Å². The summed E-state index contributed by atoms with van der Waals surface area (Å²) in [6.07, 6.45) is 1.64. The molecule has 1 fully saturated rings. The molecule has 2 rings (SSSR count). The van der Waals surface area contributed by atoms with E-state index in [-0.39, 0.29) is 5.91 Å². The zero-order valence-electron chi connectivity index (χ0n) is 8.09. The van der Waals surface area contributed by atoms with Gasteiger partial charge < -0.3 is 0 Å². The van der Waals surface area contributed by atoms with Gasteiger partial charge in [-0.05, 0) is 40.3 Å². The topological polar surface area (TPSA) is 32.7 Å². The quantitative estimate of drug-likeness (QED) is 0.460. The zero-order valence-corrected chi connectivity index (χ0v) is 11.9. The minimum atomic E-state index is -0.0586. The normalized spacial score (nSPS) is 16.4. The molecule has 0 saturated carbocycles. The number of amides is 1. The monoisotopic (exact) mass is 362 g/mol. The Morgan fingerprint density at radius 3 is 2.69 bits per heavy atom. The molecule has 0 aromatic heterocycles. The molecule has 0 atom stereocenters. The van der Waals surface area contributed by atoms with Gasteiger partial charge in [0.05, 0.1) is 12.0 Å². The van der Waals surface area contributed by atoms with Crippen molar-refractivity contribution in [2.75, 3.05) is 5.75 Å². The maximum absolute atomic E-state index is 11.4. The summed E-state index contributed by atoms with van der Waals surface area (Å²) in [5, 5.41) is 5.36. The number of halogens is 1. The highest BCUT2D eigenvalue weighted by Crippen LogP contribution is 2.19. The third-order valence-corrected chi connectivity index (χ3v) is 3.98. The van der Waals surface area contributed by atoms with Gasteiger partial charge >= 0.3 is 0 Å². The molecule has 0 N–H and O–H groups in total. The summed E-state index contributed by atoms with van der Waals surface area (Å²) in [7, 11) is 0. The van der Waals surface area contributed by atoms with E-state index < -0.39 is 0 Å². The molecule has 6 heteroatoms. The van der Waals surface area contributed by atoms with Gasteiger partial charge in [-0.15, -0.1) is 0 Å². The first-order chi connectivity index (χ1) is 7.66. The number of nitrogens with zero attached hydrogens (tertiary/aromatic N) is 2. The minimum Gasteiger partial charge on any atom is -0.272 e. The predicted molar refractivity (Wildman–Crippen MR) is 78.7 cm³/mol. The van der Waals surface area contributed by atoms with Crippen LogP contribution in [-0.4, -0.2) is 27.2 Å². The first kappa shape index (κ1) is 12.0. The third-order valence-electron chi connectivity index (χ3n) is 1.92. The summed E-state index contributed by atoms with van der Waals surface area (Å²) in [5.41, 5.74) is 0.952. The second-order valence-electron chi connectivity index (χ2n) is 3.06. The van der Waals surface area contributed by atoms with Gasteiger partial charge in [-0.2, -0.15) is 10.1 Å². The van der Waals surface area contributed by atoms with E-state index >= 15 is 0 Å². The van der Waals surface area contributed by atoms with E-state index in [1.165, 1.54) is 16.8 Å². The highest BCUT2D eigenvalue weighted by Gasteiger charge is 2.25. The van der Waals surface area contributed by atoms with E-state index in [0.717, 1.165) is 9.13 Å². The van der Waals surface area contributed by atoms with Crippen LogP contribution < -0.4 is 0 Å². The summed E-state index contributed by atoms with van der Waals surface area (Å²) in [5.74, 6) is 0.333. The lowest BCUT2D eigenvalue weighted by Gasteiger charge is -2.06. The fourth-order valence-electron chi connectivity index (χ4n) is 1.13. The number of hydrogen-bond donors (Lipinski definition) is 0. The molecule has 1 aliphatic heterocycles. The molecule has 82 valence electrons. The van der Waals surface area contributed by atoms with Crippen LogP contribution in [0.3, 0.4) is 0 Å². The molecule has 0 unspecified atom stereocenters. The van der Waals surface area contributed by atoms with E-state index in [1.807, 2.05) is 24.3 Å². The molecule has 1 saturated heterocycles. The van der Waals surface area contributed by atoms with Crippen LogP contribution in [0.1, 0.15) is 5.56 Å². The Balaban J connectivity index is 2.12. The summed E-state index contributed by atoms with van der Waals surface area (Å²) in [4.78, 5) is 11.4. The fraction of sp³-hybridized carbons (Fsp3) is 0.100. The largest absolute Gasteiger partial charge is 0.272 e. The van der Waals surface area contributed by atoms with Crippen molar-refractivity contribution in [3.63, 3.8) is 0 Å². The zero-order chi connectivity index (χ0) is 11.5. The van der Waals surface area contributed by atoms with Gasteiger partial charge in [-0.25, -0.2) is 0 Å². The van der Waals surface area contributed by atoms with Gasteiger partial charge in [0, 0.05) is 3.57 Å². The van der Waals surface area contributed by atoms with E-state index in [2.05, 4.69) is 27.7 Å². The van der Waals surface area contributed by atoms with E-state index in [0.29, 0.717) is 10.1 Å². The maximum atomic E-state index is 11.4. The lowest BCUT2D eigenvalue weighted by atomic mass is 10.2. The highest BCUT2D eigenvalue weighted by atomic mass is 127. The van der Waals surface area contributed by atoms with Crippen LogP contribution in [0.5, 0.6) is 0 Å². The van der Waals surface area contributed by atoms with E-state index in [9.17, 15) is 4.79 Å². The lowest BCUT2D eigenvalue weighted by molar-refractivity contribution is -0.123. The molecule has 1 aromatic rings. The first-order valence-electron chi connectivity index (χ1n) is 4.46. The molecular weight excluding hydrogens is 355 g/mol. The van der Waals surface area contributed by atoms with Crippen molar-refractivity contribution in [2.45, 2.75) is 0 Å². The van der Waals surface area contributed by atoms with Gasteiger partial charge in [0.1, 0.15) is 0 Å². The Hall–Kier alpha value is -0.470. The number of hydrogen-bond acceptors (Lipinski definition) is 4. The van der Waals surface area contributed by atoms with Crippen molar-refractivity contribution in [1.29, 1.82) is 0 Å². The number of hydrazone groups is 1. The van der Waals surface area contributed by atoms with Crippen molar-refractivity contribution in [2.24, 2.45) is 5.10 Å². The molecular formula is C10H7IN2OS2. The Bertz CT molecular complexity index is 442. The van der Waals surface area contributed by atoms with Crippen molar-refractivity contribution in [3.05, 3.63) is 33.4 Å². The standard InChI is InChI=1S/C10H7IN2OS2/c11-8-3-1-7(2-4-8)5-12-13-9(14)6-16-10(13)15/h1-5H,6H2/b12-5-. The van der Waals surface area contributed by atoms with Crippen LogP contribution >= 0.6 is 46.6 Å². The van der Waals surface area contributed by atoms with Gasteiger partial charge in [-0.3, -0.25) is 4.79 Å². The number of thioether (sulfide) groups is 1. The van der Waals surface area contributed by atoms with Gasteiger partial charge in [0.15, 0.2) is 4.32 Å². The summed E-state index contributed by atoms with van der Waals surface area (Å²) < 4.78 is 1.69. The van der Waals surface area contributed by atoms with Crippen LogP contribution in [0.25, 0.3) is 0 Å². The average molecular weight is 362 g/mol. The number of rotatable bonds is 2. The Kier molecular flexibility index (Phi) is 3.93. The predicted octanol–water partition coefficient (Wildman–Crippen LogP) is 2.49. The maximum Gasteiger partial charge on any atom is 0.259 e. The van der Waals surface area contributed by atoms with Gasteiger partial charge in [0.25, 0.3) is 5.91 Å². The molecule has 1 heterocycles. The second-order valence-corrected chi connectivity index (χ2v) is 5.91. The third kappa shape index (κ3) is 2.80. The van der Waals surface area contributed by atoms with Crippen LogP contribution in [0.15, 0.2) is 29.4 Å². The number of benzene rings is 1. The van der Waals surface area contributed by atoms with Crippen molar-refractivity contribution in [3.8, 4) is 0 Å². The summed E-state index contributed by atoms with van der Waals surface area (Å²) >= 11 is 8.59. The van der Waals surface area contributed by atoms with Crippen LogP contribution in [0, 0.1) is 3.57 Å². The van der Waals surface area contributed by atoms with E-state index in [1.54, 1.807) is 6.21 Å². The Labute approximate surface area is 116 Å². The van der Waals surface area contributed by atoms with Crippen molar-refractivity contribution >= 4 is 63.0 Å². The smallest absolute Gasteiger partial charge is 0.259 e. The van der Waals surface area contributed by atoms with Crippen LogP contribution in [0.2, 0.25) is 0 Å². The molecule has 0 aliphatic carbocycles. The number of carbonyl (C=O) groups is 1. The lowest BCUT2D eigenvalue weighted by Crippen LogP contribution is -2.22. The minimum absolute atomic E-state index is 0.0586. The summed E-state index contributed by atoms with van der Waals surface area (Å²) in [6.45, 7) is 0. The molecule has 0 spiro atoms.